The van der Waals surface area contributed by atoms with Gasteiger partial charge in [0.2, 0.25) is 0 Å². The van der Waals surface area contributed by atoms with Crippen molar-refractivity contribution in [2.75, 3.05) is 7.11 Å². The summed E-state index contributed by atoms with van der Waals surface area (Å²) in [6, 6.07) is 1.24. The van der Waals surface area contributed by atoms with Crippen LogP contribution in [0.1, 0.15) is 18.1 Å². The van der Waals surface area contributed by atoms with Gasteiger partial charge < -0.3 is 9.84 Å². The number of hydrogen-bond donors (Lipinski definition) is 1. The van der Waals surface area contributed by atoms with Crippen LogP contribution in [0.4, 0.5) is 8.78 Å². The summed E-state index contributed by atoms with van der Waals surface area (Å²) in [5.41, 5.74) is -0.115. The fraction of sp³-hybridized carbons (Fsp3) is 0.417. The maximum atomic E-state index is 13.7. The molecule has 3 nitrogen and oxygen atoms in total. The molecule has 1 unspecified atom stereocenters. The normalized spacial score (nSPS) is 12.5. The molecule has 18 heavy (non-hydrogen) atoms. The number of aliphatic carboxylic acids is 1. The van der Waals surface area contributed by atoms with Crippen LogP contribution in [0.15, 0.2) is 6.07 Å². The van der Waals surface area contributed by atoms with Crippen LogP contribution in [0.25, 0.3) is 0 Å². The Morgan fingerprint density at radius 2 is 2.11 bits per heavy atom. The zero-order valence-electron chi connectivity index (χ0n) is 9.97. The highest BCUT2D eigenvalue weighted by Crippen LogP contribution is 2.27. The lowest BCUT2D eigenvalue weighted by atomic mass is 9.99. The first-order valence-electron chi connectivity index (χ1n) is 5.25. The fourth-order valence-corrected chi connectivity index (χ4v) is 1.79. The molecular weight excluding hydrogens is 266 g/mol. The van der Waals surface area contributed by atoms with E-state index in [0.717, 1.165) is 0 Å². The van der Waals surface area contributed by atoms with Gasteiger partial charge in [0, 0.05) is 17.7 Å². The lowest BCUT2D eigenvalue weighted by Gasteiger charge is -2.12. The largest absolute Gasteiger partial charge is 0.481 e. The average molecular weight is 279 g/mol. The minimum atomic E-state index is -1.09. The van der Waals surface area contributed by atoms with Crippen LogP contribution in [0.3, 0.4) is 0 Å². The van der Waals surface area contributed by atoms with E-state index in [1.807, 2.05) is 0 Å². The van der Waals surface area contributed by atoms with E-state index < -0.39 is 23.5 Å². The Bertz CT molecular complexity index is 463. The SMILES string of the molecule is COCc1c(Cl)cc(CC(C)C(=O)O)c(F)c1F. The molecule has 0 heterocycles. The Morgan fingerprint density at radius 3 is 2.61 bits per heavy atom. The number of carboxylic acid groups (broad SMARTS) is 1. The van der Waals surface area contributed by atoms with Gasteiger partial charge in [0.15, 0.2) is 11.6 Å². The van der Waals surface area contributed by atoms with Crippen molar-refractivity contribution in [1.82, 2.24) is 0 Å². The van der Waals surface area contributed by atoms with Crippen molar-refractivity contribution in [3.8, 4) is 0 Å². The Kier molecular flexibility index (Phi) is 5.04. The number of halogens is 3. The number of rotatable bonds is 5. The minimum Gasteiger partial charge on any atom is -0.481 e. The molecule has 0 amide bonds. The number of hydrogen-bond acceptors (Lipinski definition) is 2. The summed E-state index contributed by atoms with van der Waals surface area (Å²) in [5.74, 6) is -4.05. The maximum absolute atomic E-state index is 13.7. The first kappa shape index (κ1) is 14.9. The zero-order valence-corrected chi connectivity index (χ0v) is 10.7. The van der Waals surface area contributed by atoms with Gasteiger partial charge in [-0.2, -0.15) is 0 Å². The van der Waals surface area contributed by atoms with Gasteiger partial charge in [-0.25, -0.2) is 8.78 Å². The standard InChI is InChI=1S/C12H13ClF2O3/c1-6(12(16)17)3-7-4-9(13)8(5-18-2)11(15)10(7)14/h4,6H,3,5H2,1-2H3,(H,16,17). The average Bonchev–Trinajstić information content (AvgIpc) is 2.31. The highest BCUT2D eigenvalue weighted by Gasteiger charge is 2.21. The molecule has 0 fully saturated rings. The lowest BCUT2D eigenvalue weighted by molar-refractivity contribution is -0.141. The van der Waals surface area contributed by atoms with Crippen LogP contribution in [0.5, 0.6) is 0 Å². The van der Waals surface area contributed by atoms with Crippen molar-refractivity contribution in [1.29, 1.82) is 0 Å². The zero-order chi connectivity index (χ0) is 13.9. The highest BCUT2D eigenvalue weighted by molar-refractivity contribution is 6.31. The van der Waals surface area contributed by atoms with Crippen LogP contribution in [-0.2, 0) is 22.6 Å². The second-order valence-corrected chi connectivity index (χ2v) is 4.41. The van der Waals surface area contributed by atoms with E-state index in [1.54, 1.807) is 0 Å². The topological polar surface area (TPSA) is 46.5 Å². The summed E-state index contributed by atoms with van der Waals surface area (Å²) in [5, 5.41) is 8.77. The molecule has 100 valence electrons. The van der Waals surface area contributed by atoms with E-state index in [1.165, 1.54) is 20.1 Å². The maximum Gasteiger partial charge on any atom is 0.306 e. The van der Waals surface area contributed by atoms with Crippen LogP contribution in [0.2, 0.25) is 5.02 Å². The Morgan fingerprint density at radius 1 is 1.50 bits per heavy atom. The second-order valence-electron chi connectivity index (χ2n) is 4.00. The van der Waals surface area contributed by atoms with Gasteiger partial charge in [-0.1, -0.05) is 18.5 Å². The van der Waals surface area contributed by atoms with Crippen molar-refractivity contribution < 1.29 is 23.4 Å². The van der Waals surface area contributed by atoms with Crippen molar-refractivity contribution in [2.24, 2.45) is 5.92 Å². The molecule has 0 saturated carbocycles. The third-order valence-electron chi connectivity index (χ3n) is 2.57. The molecule has 0 bridgehead atoms. The summed E-state index contributed by atoms with van der Waals surface area (Å²) in [4.78, 5) is 10.7. The number of carboxylic acids is 1. The third kappa shape index (κ3) is 3.17. The molecule has 0 aliphatic carbocycles. The van der Waals surface area contributed by atoms with E-state index in [4.69, 9.17) is 21.4 Å². The molecular formula is C12H13ClF2O3. The van der Waals surface area contributed by atoms with E-state index in [2.05, 4.69) is 0 Å². The predicted octanol–water partition coefficient (Wildman–Crippen LogP) is 3.03. The van der Waals surface area contributed by atoms with Crippen LogP contribution < -0.4 is 0 Å². The van der Waals surface area contributed by atoms with Gasteiger partial charge >= 0.3 is 5.97 Å². The number of benzene rings is 1. The molecule has 0 aromatic heterocycles. The van der Waals surface area contributed by atoms with E-state index in [9.17, 15) is 13.6 Å². The van der Waals surface area contributed by atoms with Gasteiger partial charge in [0.05, 0.1) is 12.5 Å². The molecule has 1 N–H and O–H groups in total. The molecule has 1 rings (SSSR count). The molecule has 1 aromatic carbocycles. The number of ether oxygens (including phenoxy) is 1. The first-order chi connectivity index (χ1) is 8.38. The summed E-state index contributed by atoms with van der Waals surface area (Å²) in [6.45, 7) is 1.27. The van der Waals surface area contributed by atoms with Gasteiger partial charge in [0.25, 0.3) is 0 Å². The first-order valence-corrected chi connectivity index (χ1v) is 5.63. The molecule has 0 radical (unpaired) electrons. The van der Waals surface area contributed by atoms with Gasteiger partial charge in [-0.3, -0.25) is 4.79 Å². The smallest absolute Gasteiger partial charge is 0.306 e. The van der Waals surface area contributed by atoms with Crippen molar-refractivity contribution >= 4 is 17.6 Å². The van der Waals surface area contributed by atoms with E-state index in [-0.39, 0.29) is 29.2 Å². The summed E-state index contributed by atoms with van der Waals surface area (Å²) < 4.78 is 32.1. The Labute approximate surface area is 108 Å². The molecule has 1 aromatic rings. The van der Waals surface area contributed by atoms with E-state index >= 15 is 0 Å². The van der Waals surface area contributed by atoms with E-state index in [0.29, 0.717) is 0 Å². The third-order valence-corrected chi connectivity index (χ3v) is 2.90. The van der Waals surface area contributed by atoms with Gasteiger partial charge in [-0.15, -0.1) is 0 Å². The van der Waals surface area contributed by atoms with Crippen molar-refractivity contribution in [2.45, 2.75) is 20.0 Å². The van der Waals surface area contributed by atoms with Gasteiger partial charge in [0.1, 0.15) is 0 Å². The Balaban J connectivity index is 3.12. The quantitative estimate of drug-likeness (QED) is 0.842. The summed E-state index contributed by atoms with van der Waals surface area (Å²) >= 11 is 5.81. The number of carbonyl (C=O) groups is 1. The monoisotopic (exact) mass is 278 g/mol. The minimum absolute atomic E-state index is 0.0309. The molecule has 6 heteroatoms. The molecule has 0 spiro atoms. The molecule has 0 saturated heterocycles. The second kappa shape index (κ2) is 6.11. The Hall–Kier alpha value is -1.20. The molecule has 0 aliphatic rings. The van der Waals surface area contributed by atoms with Crippen LogP contribution >= 0.6 is 11.6 Å². The van der Waals surface area contributed by atoms with Gasteiger partial charge in [-0.05, 0) is 18.1 Å². The fourth-order valence-electron chi connectivity index (χ4n) is 1.52. The van der Waals surface area contributed by atoms with Crippen LogP contribution in [-0.4, -0.2) is 18.2 Å². The molecule has 1 atom stereocenters. The van der Waals surface area contributed by atoms with Crippen LogP contribution in [0, 0.1) is 17.6 Å². The lowest BCUT2D eigenvalue weighted by Crippen LogP contribution is -2.14. The highest BCUT2D eigenvalue weighted by atomic mass is 35.5. The number of methoxy groups -OCH3 is 1. The predicted molar refractivity (Wildman–Crippen MR) is 62.6 cm³/mol. The van der Waals surface area contributed by atoms with Crippen molar-refractivity contribution in [3.05, 3.63) is 33.9 Å². The van der Waals surface area contributed by atoms with Crippen molar-refractivity contribution in [3.63, 3.8) is 0 Å². The molecule has 0 aliphatic heterocycles. The summed E-state index contributed by atoms with van der Waals surface area (Å²) in [6.07, 6.45) is -0.120. The summed E-state index contributed by atoms with van der Waals surface area (Å²) in [7, 11) is 1.34.